The molecule has 0 aromatic heterocycles. The molecule has 0 bridgehead atoms. The number of nitrogens with zero attached hydrogens (tertiary/aromatic N) is 2. The number of nitrogens with one attached hydrogen (secondary N) is 1. The molecule has 132 valence electrons. The molecule has 1 N–H and O–H groups in total. The Morgan fingerprint density at radius 3 is 2.42 bits per heavy atom. The van der Waals surface area contributed by atoms with Gasteiger partial charge in [0.25, 0.3) is 0 Å². The van der Waals surface area contributed by atoms with Crippen molar-refractivity contribution >= 4 is 23.2 Å². The molecule has 1 aromatic rings. The van der Waals surface area contributed by atoms with Crippen LogP contribution < -0.4 is 10.2 Å². The number of rotatable bonds is 6. The molecule has 1 amide bonds. The lowest BCUT2D eigenvalue weighted by atomic mass is 10.1. The summed E-state index contributed by atoms with van der Waals surface area (Å²) >= 11 is 5.95. The van der Waals surface area contributed by atoms with Gasteiger partial charge in [0.15, 0.2) is 0 Å². The Balaban J connectivity index is 1.31. The molecule has 2 fully saturated rings. The molecular weight excluding hydrogens is 322 g/mol. The largest absolute Gasteiger partial charge is 0.369 e. The Morgan fingerprint density at radius 1 is 1.08 bits per heavy atom. The smallest absolute Gasteiger partial charge is 0.223 e. The molecule has 3 rings (SSSR count). The van der Waals surface area contributed by atoms with E-state index in [1.807, 2.05) is 12.1 Å². The Labute approximate surface area is 150 Å². The van der Waals surface area contributed by atoms with Gasteiger partial charge in [0.1, 0.15) is 0 Å². The third-order valence-corrected chi connectivity index (χ3v) is 5.49. The fourth-order valence-corrected chi connectivity index (χ4v) is 3.85. The van der Waals surface area contributed by atoms with Crippen molar-refractivity contribution in [2.75, 3.05) is 44.2 Å². The number of benzene rings is 1. The molecule has 24 heavy (non-hydrogen) atoms. The van der Waals surface area contributed by atoms with Gasteiger partial charge in [-0.1, -0.05) is 24.4 Å². The SMILES string of the molecule is O=C(NCCCN1CCN(c2ccc(Cl)cc2)CC1)C1CCCC1. The number of halogens is 1. The van der Waals surface area contributed by atoms with E-state index in [0.29, 0.717) is 0 Å². The quantitative estimate of drug-likeness (QED) is 0.801. The van der Waals surface area contributed by atoms with E-state index in [0.717, 1.165) is 63.6 Å². The first kappa shape index (κ1) is 17.6. The molecule has 1 aliphatic carbocycles. The number of anilines is 1. The van der Waals surface area contributed by atoms with E-state index in [4.69, 9.17) is 11.6 Å². The predicted molar refractivity (Wildman–Crippen MR) is 99.7 cm³/mol. The zero-order chi connectivity index (χ0) is 16.8. The highest BCUT2D eigenvalue weighted by Gasteiger charge is 2.22. The van der Waals surface area contributed by atoms with Crippen LogP contribution >= 0.6 is 11.6 Å². The Morgan fingerprint density at radius 2 is 1.75 bits per heavy atom. The molecule has 1 saturated carbocycles. The van der Waals surface area contributed by atoms with Crippen molar-refractivity contribution in [3.63, 3.8) is 0 Å². The second-order valence-corrected chi connectivity index (χ2v) is 7.37. The van der Waals surface area contributed by atoms with Gasteiger partial charge in [0.05, 0.1) is 0 Å². The van der Waals surface area contributed by atoms with E-state index in [9.17, 15) is 4.79 Å². The highest BCUT2D eigenvalue weighted by atomic mass is 35.5. The second kappa shape index (κ2) is 8.72. The summed E-state index contributed by atoms with van der Waals surface area (Å²) in [6.07, 6.45) is 5.64. The van der Waals surface area contributed by atoms with Gasteiger partial charge < -0.3 is 10.2 Å². The second-order valence-electron chi connectivity index (χ2n) is 6.93. The fourth-order valence-electron chi connectivity index (χ4n) is 3.73. The number of carbonyl (C=O) groups excluding carboxylic acids is 1. The minimum Gasteiger partial charge on any atom is -0.369 e. The summed E-state index contributed by atoms with van der Waals surface area (Å²) in [4.78, 5) is 16.9. The monoisotopic (exact) mass is 349 g/mol. The summed E-state index contributed by atoms with van der Waals surface area (Å²) in [5.41, 5.74) is 1.25. The molecule has 0 spiro atoms. The van der Waals surface area contributed by atoms with E-state index < -0.39 is 0 Å². The Hall–Kier alpha value is -1.26. The maximum atomic E-state index is 12.0. The van der Waals surface area contributed by atoms with Crippen LogP contribution in [0.5, 0.6) is 0 Å². The molecule has 4 nitrogen and oxygen atoms in total. The summed E-state index contributed by atoms with van der Waals surface area (Å²) in [6, 6.07) is 8.10. The average molecular weight is 350 g/mol. The van der Waals surface area contributed by atoms with Crippen LogP contribution in [0.4, 0.5) is 5.69 Å². The minimum atomic E-state index is 0.278. The first-order valence-electron chi connectivity index (χ1n) is 9.23. The number of carbonyl (C=O) groups is 1. The average Bonchev–Trinajstić information content (AvgIpc) is 3.15. The summed E-state index contributed by atoms with van der Waals surface area (Å²) in [5.74, 6) is 0.563. The van der Waals surface area contributed by atoms with Crippen molar-refractivity contribution in [3.8, 4) is 0 Å². The molecule has 5 heteroatoms. The maximum Gasteiger partial charge on any atom is 0.223 e. The number of hydrogen-bond acceptors (Lipinski definition) is 3. The van der Waals surface area contributed by atoms with Crippen molar-refractivity contribution in [1.29, 1.82) is 0 Å². The van der Waals surface area contributed by atoms with Crippen molar-refractivity contribution in [2.45, 2.75) is 32.1 Å². The van der Waals surface area contributed by atoms with Crippen molar-refractivity contribution < 1.29 is 4.79 Å². The van der Waals surface area contributed by atoms with Gasteiger partial charge in [-0.05, 0) is 50.1 Å². The van der Waals surface area contributed by atoms with Gasteiger partial charge in [-0.25, -0.2) is 0 Å². The molecule has 0 atom stereocenters. The molecule has 1 aliphatic heterocycles. The topological polar surface area (TPSA) is 35.6 Å². The highest BCUT2D eigenvalue weighted by molar-refractivity contribution is 6.30. The first-order valence-corrected chi connectivity index (χ1v) is 9.61. The minimum absolute atomic E-state index is 0.278. The molecule has 1 saturated heterocycles. The lowest BCUT2D eigenvalue weighted by Gasteiger charge is -2.36. The van der Waals surface area contributed by atoms with E-state index in [1.165, 1.54) is 18.5 Å². The van der Waals surface area contributed by atoms with Crippen molar-refractivity contribution in [2.24, 2.45) is 5.92 Å². The van der Waals surface area contributed by atoms with E-state index in [2.05, 4.69) is 27.2 Å². The summed E-state index contributed by atoms with van der Waals surface area (Å²) < 4.78 is 0. The van der Waals surface area contributed by atoms with Crippen LogP contribution in [0.3, 0.4) is 0 Å². The highest BCUT2D eigenvalue weighted by Crippen LogP contribution is 2.24. The Kier molecular flexibility index (Phi) is 6.38. The molecular formula is C19H28ClN3O. The van der Waals surface area contributed by atoms with E-state index >= 15 is 0 Å². The number of piperazine rings is 1. The van der Waals surface area contributed by atoms with Gasteiger partial charge in [-0.15, -0.1) is 0 Å². The van der Waals surface area contributed by atoms with E-state index in [-0.39, 0.29) is 11.8 Å². The van der Waals surface area contributed by atoms with Gasteiger partial charge in [0.2, 0.25) is 5.91 Å². The normalized spacial score (nSPS) is 19.6. The first-order chi connectivity index (χ1) is 11.7. The van der Waals surface area contributed by atoms with Crippen LogP contribution in [0.1, 0.15) is 32.1 Å². The van der Waals surface area contributed by atoms with Gasteiger partial charge in [0, 0.05) is 49.4 Å². The summed E-state index contributed by atoms with van der Waals surface area (Å²) in [7, 11) is 0. The molecule has 1 aromatic carbocycles. The summed E-state index contributed by atoms with van der Waals surface area (Å²) in [5, 5.41) is 3.90. The fraction of sp³-hybridized carbons (Fsp3) is 0.632. The standard InChI is InChI=1S/C19H28ClN3O/c20-17-6-8-18(9-7-17)23-14-12-22(13-15-23)11-3-10-21-19(24)16-4-1-2-5-16/h6-9,16H,1-5,10-15H2,(H,21,24). The van der Waals surface area contributed by atoms with Crippen LogP contribution in [0.15, 0.2) is 24.3 Å². The Bertz CT molecular complexity index is 520. The van der Waals surface area contributed by atoms with Crippen LogP contribution in [-0.4, -0.2) is 50.1 Å². The number of hydrogen-bond donors (Lipinski definition) is 1. The van der Waals surface area contributed by atoms with Gasteiger partial charge in [-0.2, -0.15) is 0 Å². The molecule has 0 radical (unpaired) electrons. The zero-order valence-electron chi connectivity index (χ0n) is 14.3. The predicted octanol–water partition coefficient (Wildman–Crippen LogP) is 3.16. The molecule has 1 heterocycles. The zero-order valence-corrected chi connectivity index (χ0v) is 15.1. The third-order valence-electron chi connectivity index (χ3n) is 5.24. The van der Waals surface area contributed by atoms with E-state index in [1.54, 1.807) is 0 Å². The van der Waals surface area contributed by atoms with Crippen molar-refractivity contribution in [1.82, 2.24) is 10.2 Å². The summed E-state index contributed by atoms with van der Waals surface area (Å²) in [6.45, 7) is 6.15. The van der Waals surface area contributed by atoms with Crippen LogP contribution in [0, 0.1) is 5.92 Å². The lowest BCUT2D eigenvalue weighted by molar-refractivity contribution is -0.124. The van der Waals surface area contributed by atoms with Crippen LogP contribution in [0.25, 0.3) is 0 Å². The van der Waals surface area contributed by atoms with Crippen molar-refractivity contribution in [3.05, 3.63) is 29.3 Å². The van der Waals surface area contributed by atoms with Crippen LogP contribution in [-0.2, 0) is 4.79 Å². The number of amides is 1. The molecule has 2 aliphatic rings. The third kappa shape index (κ3) is 4.87. The van der Waals surface area contributed by atoms with Gasteiger partial charge >= 0.3 is 0 Å². The maximum absolute atomic E-state index is 12.0. The molecule has 0 unspecified atom stereocenters. The van der Waals surface area contributed by atoms with Crippen LogP contribution in [0.2, 0.25) is 5.02 Å². The van der Waals surface area contributed by atoms with Gasteiger partial charge in [-0.3, -0.25) is 9.69 Å². The lowest BCUT2D eigenvalue weighted by Crippen LogP contribution is -2.47.